The van der Waals surface area contributed by atoms with Gasteiger partial charge >= 0.3 is 6.03 Å². The van der Waals surface area contributed by atoms with Gasteiger partial charge in [-0.2, -0.15) is 0 Å². The van der Waals surface area contributed by atoms with Crippen molar-refractivity contribution in [3.63, 3.8) is 0 Å². The van der Waals surface area contributed by atoms with Crippen LogP contribution < -0.4 is 10.2 Å². The van der Waals surface area contributed by atoms with Crippen LogP contribution in [0.1, 0.15) is 38.5 Å². The number of carbonyl (C=O) groups excluding carboxylic acids is 2. The first-order valence-corrected chi connectivity index (χ1v) is 12.2. The first-order valence-electron chi connectivity index (χ1n) is 11.8. The number of carbonyl (C=O) groups is 2. The van der Waals surface area contributed by atoms with E-state index in [1.54, 1.807) is 0 Å². The van der Waals surface area contributed by atoms with Crippen LogP contribution in [0, 0.1) is 5.92 Å². The number of anilines is 1. The molecule has 7 heteroatoms. The minimum absolute atomic E-state index is 0.0378. The largest absolute Gasteiger partial charge is 0.362 e. The van der Waals surface area contributed by atoms with Gasteiger partial charge < -0.3 is 15.1 Å². The number of fused-ring (bicyclic) bond motifs is 6. The molecule has 3 heterocycles. The molecule has 3 atom stereocenters. The summed E-state index contributed by atoms with van der Waals surface area (Å²) in [4.78, 5) is 32.4. The molecular formula is C25H28N4O2S. The van der Waals surface area contributed by atoms with E-state index >= 15 is 0 Å². The Kier molecular flexibility index (Phi) is 4.82. The number of thiocarbonyl (C=S) groups is 1. The average Bonchev–Trinajstić information content (AvgIpc) is 3.49. The fourth-order valence-corrected chi connectivity index (χ4v) is 6.53. The van der Waals surface area contributed by atoms with Gasteiger partial charge in [-0.05, 0) is 48.9 Å². The lowest BCUT2D eigenvalue weighted by atomic mass is 9.89. The zero-order chi connectivity index (χ0) is 21.8. The van der Waals surface area contributed by atoms with Gasteiger partial charge in [0.25, 0.3) is 5.91 Å². The van der Waals surface area contributed by atoms with Crippen LogP contribution in [-0.4, -0.2) is 58.1 Å². The van der Waals surface area contributed by atoms with Crippen molar-refractivity contribution >= 4 is 45.7 Å². The molecule has 0 radical (unpaired) electrons. The van der Waals surface area contributed by atoms with Gasteiger partial charge in [-0.3, -0.25) is 4.79 Å². The number of nitrogens with one attached hydrogen (secondary N) is 1. The van der Waals surface area contributed by atoms with E-state index in [2.05, 4.69) is 10.2 Å². The molecule has 3 amide bonds. The molecule has 166 valence electrons. The Morgan fingerprint density at radius 3 is 2.66 bits per heavy atom. The van der Waals surface area contributed by atoms with Gasteiger partial charge in [-0.25, -0.2) is 9.69 Å². The van der Waals surface area contributed by atoms with Crippen molar-refractivity contribution in [1.82, 2.24) is 15.1 Å². The normalized spacial score (nSPS) is 27.5. The number of hydrogen-bond acceptors (Lipinski definition) is 3. The maximum Gasteiger partial charge on any atom is 0.332 e. The summed E-state index contributed by atoms with van der Waals surface area (Å²) in [6.07, 6.45) is 7.32. The number of benzene rings is 2. The predicted molar refractivity (Wildman–Crippen MR) is 129 cm³/mol. The Morgan fingerprint density at radius 1 is 1.03 bits per heavy atom. The van der Waals surface area contributed by atoms with E-state index in [1.165, 1.54) is 37.0 Å². The van der Waals surface area contributed by atoms with Crippen molar-refractivity contribution in [2.75, 3.05) is 18.0 Å². The maximum atomic E-state index is 13.6. The van der Waals surface area contributed by atoms with Crippen LogP contribution in [0.25, 0.3) is 10.8 Å². The second-order valence-electron chi connectivity index (χ2n) is 9.61. The standard InChI is InChI=1S/C25H28N4O2S/c30-23-22-21-13-18(15-27(21)24(32)26-14-16-7-2-1-3-8-16)28(22)25(31)29(23)20-12-6-10-17-9-4-5-11-19(17)20/h4-6,9-12,16,18,21-22H,1-3,7-8,13-15H2,(H,26,32)/t18-,21?,22?/m1/s1. The topological polar surface area (TPSA) is 55.9 Å². The molecule has 0 aromatic heterocycles. The molecule has 2 unspecified atom stereocenters. The number of rotatable bonds is 3. The third-order valence-corrected chi connectivity index (χ3v) is 8.18. The lowest BCUT2D eigenvalue weighted by Crippen LogP contribution is -2.57. The van der Waals surface area contributed by atoms with Gasteiger partial charge in [0.15, 0.2) is 5.11 Å². The average molecular weight is 449 g/mol. The molecule has 3 saturated heterocycles. The van der Waals surface area contributed by atoms with Crippen LogP contribution >= 0.6 is 12.2 Å². The summed E-state index contributed by atoms with van der Waals surface area (Å²) in [6.45, 7) is 1.62. The number of nitrogens with zero attached hydrogens (tertiary/aromatic N) is 3. The number of hydrogen-bond donors (Lipinski definition) is 1. The van der Waals surface area contributed by atoms with Gasteiger partial charge in [-0.15, -0.1) is 0 Å². The van der Waals surface area contributed by atoms with Crippen LogP contribution in [0.2, 0.25) is 0 Å². The van der Waals surface area contributed by atoms with E-state index < -0.39 is 6.04 Å². The van der Waals surface area contributed by atoms with E-state index in [4.69, 9.17) is 12.2 Å². The Morgan fingerprint density at radius 2 is 1.81 bits per heavy atom. The Bertz CT molecular complexity index is 1090. The molecule has 6 nitrogen and oxygen atoms in total. The molecule has 4 fully saturated rings. The van der Waals surface area contributed by atoms with Crippen molar-refractivity contribution < 1.29 is 9.59 Å². The Labute approximate surface area is 193 Å². The van der Waals surface area contributed by atoms with E-state index in [0.29, 0.717) is 18.2 Å². The molecule has 2 aromatic carbocycles. The van der Waals surface area contributed by atoms with Crippen molar-refractivity contribution in [3.8, 4) is 0 Å². The van der Waals surface area contributed by atoms with Gasteiger partial charge in [0.2, 0.25) is 0 Å². The van der Waals surface area contributed by atoms with Crippen molar-refractivity contribution in [3.05, 3.63) is 42.5 Å². The number of amides is 3. The molecule has 6 rings (SSSR count). The monoisotopic (exact) mass is 448 g/mol. The number of piperazine rings is 1. The first-order chi connectivity index (χ1) is 15.6. The van der Waals surface area contributed by atoms with E-state index in [-0.39, 0.29) is 24.0 Å². The Hall–Kier alpha value is -2.67. The predicted octanol–water partition coefficient (Wildman–Crippen LogP) is 3.89. The summed E-state index contributed by atoms with van der Waals surface area (Å²) in [5.74, 6) is 0.563. The van der Waals surface area contributed by atoms with Gasteiger partial charge in [0, 0.05) is 18.5 Å². The molecule has 1 aliphatic carbocycles. The van der Waals surface area contributed by atoms with Crippen LogP contribution in [0.15, 0.2) is 42.5 Å². The molecule has 0 spiro atoms. The first kappa shape index (κ1) is 20.0. The molecule has 2 bridgehead atoms. The zero-order valence-corrected chi connectivity index (χ0v) is 18.9. The minimum Gasteiger partial charge on any atom is -0.362 e. The highest BCUT2D eigenvalue weighted by Gasteiger charge is 2.62. The molecule has 1 saturated carbocycles. The summed E-state index contributed by atoms with van der Waals surface area (Å²) < 4.78 is 0. The minimum atomic E-state index is -0.449. The summed E-state index contributed by atoms with van der Waals surface area (Å²) in [5, 5.41) is 6.17. The number of likely N-dealkylation sites (tertiary alicyclic amines) is 1. The van der Waals surface area contributed by atoms with Crippen LogP contribution in [-0.2, 0) is 4.79 Å². The third-order valence-electron chi connectivity index (χ3n) is 7.80. The maximum absolute atomic E-state index is 13.6. The van der Waals surface area contributed by atoms with Crippen LogP contribution in [0.4, 0.5) is 10.5 Å². The van der Waals surface area contributed by atoms with Crippen LogP contribution in [0.5, 0.6) is 0 Å². The molecule has 2 aromatic rings. The quantitative estimate of drug-likeness (QED) is 0.570. The van der Waals surface area contributed by atoms with Crippen molar-refractivity contribution in [2.45, 2.75) is 56.7 Å². The van der Waals surface area contributed by atoms with E-state index in [9.17, 15) is 9.59 Å². The lowest BCUT2D eigenvalue weighted by molar-refractivity contribution is -0.120. The van der Waals surface area contributed by atoms with Crippen molar-refractivity contribution in [1.29, 1.82) is 0 Å². The molecule has 3 aliphatic heterocycles. The lowest BCUT2D eigenvalue weighted by Gasteiger charge is -2.37. The van der Waals surface area contributed by atoms with Gasteiger partial charge in [0.1, 0.15) is 6.04 Å². The number of imide groups is 1. The highest BCUT2D eigenvalue weighted by Crippen LogP contribution is 2.43. The van der Waals surface area contributed by atoms with E-state index in [1.807, 2.05) is 47.4 Å². The molecule has 4 aliphatic rings. The smallest absolute Gasteiger partial charge is 0.332 e. The van der Waals surface area contributed by atoms with Gasteiger partial charge in [0.05, 0.1) is 17.8 Å². The highest BCUT2D eigenvalue weighted by molar-refractivity contribution is 7.80. The second-order valence-corrected chi connectivity index (χ2v) is 9.99. The summed E-state index contributed by atoms with van der Waals surface area (Å²) >= 11 is 5.75. The summed E-state index contributed by atoms with van der Waals surface area (Å²) in [7, 11) is 0. The highest BCUT2D eigenvalue weighted by atomic mass is 32.1. The molecule has 1 N–H and O–H groups in total. The SMILES string of the molecule is O=C1C2C3C[C@H](CN3C(=S)NCC3CCCCC3)N2C(=O)N1c1cccc2ccccc12. The third kappa shape index (κ3) is 3.01. The fourth-order valence-electron chi connectivity index (χ4n) is 6.24. The molecule has 32 heavy (non-hydrogen) atoms. The fraction of sp³-hybridized carbons (Fsp3) is 0.480. The summed E-state index contributed by atoms with van der Waals surface area (Å²) in [6, 6.07) is 13.0. The Balaban J connectivity index is 1.22. The number of urea groups is 1. The van der Waals surface area contributed by atoms with Crippen molar-refractivity contribution in [2.24, 2.45) is 5.92 Å². The summed E-state index contributed by atoms with van der Waals surface area (Å²) in [5.41, 5.74) is 0.677. The molecular weight excluding hydrogens is 420 g/mol. The van der Waals surface area contributed by atoms with E-state index in [0.717, 1.165) is 28.9 Å². The zero-order valence-electron chi connectivity index (χ0n) is 18.1. The second kappa shape index (κ2) is 7.73. The van der Waals surface area contributed by atoms with Crippen LogP contribution in [0.3, 0.4) is 0 Å². The van der Waals surface area contributed by atoms with Gasteiger partial charge in [-0.1, -0.05) is 55.7 Å².